The molecule has 1 fully saturated rings. The second kappa shape index (κ2) is 6.43. The van der Waals surface area contributed by atoms with Crippen LogP contribution in [0.25, 0.3) is 0 Å². The van der Waals surface area contributed by atoms with Gasteiger partial charge in [0.05, 0.1) is 5.75 Å². The number of benzene rings is 1. The SMILES string of the molecule is NS(=O)(=O)CC1CCCN1Cc1ccc(OC(F)(F)F)cc1. The van der Waals surface area contributed by atoms with Crippen molar-refractivity contribution in [3.05, 3.63) is 29.8 Å². The predicted molar refractivity (Wildman–Crippen MR) is 74.5 cm³/mol. The van der Waals surface area contributed by atoms with Gasteiger partial charge in [0.2, 0.25) is 10.0 Å². The number of sulfonamides is 1. The van der Waals surface area contributed by atoms with Crippen molar-refractivity contribution in [2.24, 2.45) is 5.14 Å². The quantitative estimate of drug-likeness (QED) is 0.889. The molecular formula is C13H17F3N2O3S. The van der Waals surface area contributed by atoms with Gasteiger partial charge in [0.1, 0.15) is 5.75 Å². The van der Waals surface area contributed by atoms with Gasteiger partial charge in [-0.05, 0) is 37.1 Å². The second-order valence-corrected chi connectivity index (χ2v) is 6.95. The fraction of sp³-hybridized carbons (Fsp3) is 0.538. The largest absolute Gasteiger partial charge is 0.573 e. The highest BCUT2D eigenvalue weighted by molar-refractivity contribution is 7.89. The Morgan fingerprint density at radius 1 is 1.27 bits per heavy atom. The van der Waals surface area contributed by atoms with Crippen LogP contribution in [0.2, 0.25) is 0 Å². The molecule has 1 aromatic carbocycles. The summed E-state index contributed by atoms with van der Waals surface area (Å²) in [5, 5.41) is 5.07. The Kier molecular flexibility index (Phi) is 4.98. The molecule has 0 bridgehead atoms. The van der Waals surface area contributed by atoms with Crippen LogP contribution in [0.4, 0.5) is 13.2 Å². The lowest BCUT2D eigenvalue weighted by Crippen LogP contribution is -2.36. The van der Waals surface area contributed by atoms with E-state index in [1.54, 1.807) is 0 Å². The number of halogens is 3. The molecule has 0 radical (unpaired) electrons. The number of hydrogen-bond donors (Lipinski definition) is 1. The van der Waals surface area contributed by atoms with E-state index in [0.29, 0.717) is 6.54 Å². The first kappa shape index (κ1) is 17.0. The minimum Gasteiger partial charge on any atom is -0.406 e. The molecule has 124 valence electrons. The Labute approximate surface area is 126 Å². The summed E-state index contributed by atoms with van der Waals surface area (Å²) in [6.45, 7) is 1.20. The van der Waals surface area contributed by atoms with Gasteiger partial charge in [-0.15, -0.1) is 13.2 Å². The summed E-state index contributed by atoms with van der Waals surface area (Å²) in [6, 6.07) is 5.41. The maximum Gasteiger partial charge on any atom is 0.573 e. The van der Waals surface area contributed by atoms with E-state index in [0.717, 1.165) is 24.9 Å². The average Bonchev–Trinajstić information content (AvgIpc) is 2.75. The highest BCUT2D eigenvalue weighted by atomic mass is 32.2. The minimum absolute atomic E-state index is 0.109. The lowest BCUT2D eigenvalue weighted by Gasteiger charge is -2.23. The smallest absolute Gasteiger partial charge is 0.406 e. The third-order valence-corrected chi connectivity index (χ3v) is 4.32. The Hall–Kier alpha value is -1.32. The van der Waals surface area contributed by atoms with Crippen molar-refractivity contribution >= 4 is 10.0 Å². The third kappa shape index (κ3) is 5.47. The normalized spacial score (nSPS) is 20.3. The molecule has 2 rings (SSSR count). The maximum atomic E-state index is 12.1. The van der Waals surface area contributed by atoms with Crippen molar-refractivity contribution in [2.45, 2.75) is 31.8 Å². The maximum absolute atomic E-state index is 12.1. The monoisotopic (exact) mass is 338 g/mol. The predicted octanol–water partition coefficient (Wildman–Crippen LogP) is 1.84. The van der Waals surface area contributed by atoms with Crippen molar-refractivity contribution in [2.75, 3.05) is 12.3 Å². The molecule has 1 saturated heterocycles. The number of hydrogen-bond acceptors (Lipinski definition) is 4. The fourth-order valence-electron chi connectivity index (χ4n) is 2.59. The van der Waals surface area contributed by atoms with Gasteiger partial charge in [-0.3, -0.25) is 4.90 Å². The number of primary sulfonamides is 1. The van der Waals surface area contributed by atoms with E-state index in [1.807, 2.05) is 4.90 Å². The van der Waals surface area contributed by atoms with Crippen LogP contribution in [0, 0.1) is 0 Å². The van der Waals surface area contributed by atoms with Gasteiger partial charge in [-0.1, -0.05) is 12.1 Å². The van der Waals surface area contributed by atoms with Crippen molar-refractivity contribution in [1.29, 1.82) is 0 Å². The molecule has 22 heavy (non-hydrogen) atoms. The molecule has 1 atom stereocenters. The van der Waals surface area contributed by atoms with Crippen LogP contribution in [0.5, 0.6) is 5.75 Å². The average molecular weight is 338 g/mol. The third-order valence-electron chi connectivity index (χ3n) is 3.47. The van der Waals surface area contributed by atoms with Gasteiger partial charge in [-0.2, -0.15) is 0 Å². The van der Waals surface area contributed by atoms with Crippen molar-refractivity contribution < 1.29 is 26.3 Å². The lowest BCUT2D eigenvalue weighted by atomic mass is 10.2. The van der Waals surface area contributed by atoms with Crippen molar-refractivity contribution in [3.63, 3.8) is 0 Å². The zero-order chi connectivity index (χ0) is 16.4. The summed E-state index contributed by atoms with van der Waals surface area (Å²) in [5.74, 6) is -0.388. The number of ether oxygens (including phenoxy) is 1. The Bertz CT molecular complexity index is 602. The molecule has 0 aromatic heterocycles. The molecule has 2 N–H and O–H groups in total. The summed E-state index contributed by atoms with van der Waals surface area (Å²) in [6.07, 6.45) is -3.10. The van der Waals surface area contributed by atoms with Crippen LogP contribution in [0.15, 0.2) is 24.3 Å². The molecule has 0 aliphatic carbocycles. The summed E-state index contributed by atoms with van der Waals surface area (Å²) in [7, 11) is -3.55. The van der Waals surface area contributed by atoms with Gasteiger partial charge in [-0.25, -0.2) is 13.6 Å². The standard InChI is InChI=1S/C13H17F3N2O3S/c14-13(15,16)21-12-5-3-10(4-6-12)8-18-7-1-2-11(18)9-22(17,19)20/h3-6,11H,1-2,7-9H2,(H2,17,19,20). The number of alkyl halides is 3. The lowest BCUT2D eigenvalue weighted by molar-refractivity contribution is -0.274. The van der Waals surface area contributed by atoms with E-state index in [1.165, 1.54) is 24.3 Å². The van der Waals surface area contributed by atoms with E-state index < -0.39 is 16.4 Å². The number of nitrogens with zero attached hydrogens (tertiary/aromatic N) is 1. The highest BCUT2D eigenvalue weighted by Gasteiger charge is 2.31. The van der Waals surface area contributed by atoms with Crippen molar-refractivity contribution in [3.8, 4) is 5.75 Å². The Morgan fingerprint density at radius 3 is 2.45 bits per heavy atom. The van der Waals surface area contributed by atoms with Crippen LogP contribution in [-0.4, -0.2) is 38.0 Å². The zero-order valence-corrected chi connectivity index (χ0v) is 12.5. The van der Waals surface area contributed by atoms with Crippen LogP contribution in [0.1, 0.15) is 18.4 Å². The topological polar surface area (TPSA) is 72.6 Å². The highest BCUT2D eigenvalue weighted by Crippen LogP contribution is 2.25. The molecule has 5 nitrogen and oxygen atoms in total. The van der Waals surface area contributed by atoms with E-state index in [9.17, 15) is 21.6 Å². The molecule has 0 amide bonds. The molecule has 1 heterocycles. The number of nitrogens with two attached hydrogens (primary N) is 1. The Balaban J connectivity index is 1.98. The molecule has 1 aliphatic rings. The first-order valence-corrected chi connectivity index (χ1v) is 8.43. The number of rotatable bonds is 5. The summed E-state index contributed by atoms with van der Waals surface area (Å²) in [5.41, 5.74) is 0.788. The Morgan fingerprint density at radius 2 is 1.91 bits per heavy atom. The molecule has 1 aliphatic heterocycles. The first-order chi connectivity index (χ1) is 10.1. The zero-order valence-electron chi connectivity index (χ0n) is 11.7. The van der Waals surface area contributed by atoms with E-state index >= 15 is 0 Å². The fourth-order valence-corrected chi connectivity index (χ4v) is 3.51. The van der Waals surface area contributed by atoms with Gasteiger partial charge in [0.25, 0.3) is 0 Å². The van der Waals surface area contributed by atoms with Crippen molar-refractivity contribution in [1.82, 2.24) is 4.90 Å². The molecule has 1 aromatic rings. The second-order valence-electron chi connectivity index (χ2n) is 5.29. The summed E-state index contributed by atoms with van der Waals surface area (Å²) in [4.78, 5) is 1.98. The van der Waals surface area contributed by atoms with Crippen LogP contribution in [0.3, 0.4) is 0 Å². The molecule has 1 unspecified atom stereocenters. The van der Waals surface area contributed by atoms with Gasteiger partial charge >= 0.3 is 6.36 Å². The van der Waals surface area contributed by atoms with E-state index in [4.69, 9.17) is 5.14 Å². The van der Waals surface area contributed by atoms with Gasteiger partial charge in [0.15, 0.2) is 0 Å². The molecule has 0 spiro atoms. The molecule has 0 saturated carbocycles. The minimum atomic E-state index is -4.71. The molecular weight excluding hydrogens is 321 g/mol. The molecule has 9 heteroatoms. The van der Waals surface area contributed by atoms with Gasteiger partial charge in [0, 0.05) is 12.6 Å². The summed E-state index contributed by atoms with van der Waals surface area (Å²) < 4.78 is 62.4. The van der Waals surface area contributed by atoms with Crippen LogP contribution >= 0.6 is 0 Å². The van der Waals surface area contributed by atoms with E-state index in [-0.39, 0.29) is 17.5 Å². The van der Waals surface area contributed by atoms with Gasteiger partial charge < -0.3 is 4.74 Å². The van der Waals surface area contributed by atoms with Crippen LogP contribution in [-0.2, 0) is 16.6 Å². The first-order valence-electron chi connectivity index (χ1n) is 6.71. The number of likely N-dealkylation sites (tertiary alicyclic amines) is 1. The van der Waals surface area contributed by atoms with E-state index in [2.05, 4.69) is 4.74 Å². The summed E-state index contributed by atoms with van der Waals surface area (Å²) >= 11 is 0. The van der Waals surface area contributed by atoms with Crippen LogP contribution < -0.4 is 9.88 Å².